The molecular formula is C15H13ClF3N3O2. The van der Waals surface area contributed by atoms with E-state index < -0.39 is 16.8 Å². The number of benzene rings is 1. The van der Waals surface area contributed by atoms with Gasteiger partial charge in [-0.05, 0) is 24.3 Å². The van der Waals surface area contributed by atoms with Crippen LogP contribution >= 0.6 is 11.6 Å². The number of rotatable bonds is 3. The van der Waals surface area contributed by atoms with Crippen molar-refractivity contribution in [1.29, 1.82) is 0 Å². The van der Waals surface area contributed by atoms with Crippen molar-refractivity contribution < 1.29 is 22.7 Å². The Morgan fingerprint density at radius 3 is 2.75 bits per heavy atom. The van der Waals surface area contributed by atoms with Crippen LogP contribution in [0.15, 0.2) is 30.5 Å². The van der Waals surface area contributed by atoms with Crippen LogP contribution in [0, 0.1) is 0 Å². The molecule has 1 aromatic heterocycles. The van der Waals surface area contributed by atoms with Gasteiger partial charge in [0.15, 0.2) is 0 Å². The Morgan fingerprint density at radius 1 is 1.38 bits per heavy atom. The number of hydrogen-bond acceptors (Lipinski definition) is 3. The van der Waals surface area contributed by atoms with Crippen LogP contribution in [-0.4, -0.2) is 35.9 Å². The van der Waals surface area contributed by atoms with E-state index in [-0.39, 0.29) is 18.5 Å². The molecule has 1 unspecified atom stereocenters. The Bertz CT molecular complexity index is 776. The van der Waals surface area contributed by atoms with Gasteiger partial charge in [0, 0.05) is 19.0 Å². The van der Waals surface area contributed by atoms with Gasteiger partial charge in [0.2, 0.25) is 0 Å². The number of hydrogen-bond donors (Lipinski definition) is 0. The average Bonchev–Trinajstić information content (AvgIpc) is 2.99. The maximum atomic E-state index is 12.8. The SMILES string of the molecule is COCC1CN(c2ccc(C(F)(F)F)c(Cl)c2)C(=O)c2ccnn21. The van der Waals surface area contributed by atoms with Crippen LogP contribution < -0.4 is 4.90 Å². The number of halogens is 4. The topological polar surface area (TPSA) is 47.4 Å². The Hall–Kier alpha value is -2.06. The van der Waals surface area contributed by atoms with E-state index in [0.717, 1.165) is 12.1 Å². The quantitative estimate of drug-likeness (QED) is 0.844. The van der Waals surface area contributed by atoms with Gasteiger partial charge in [0.25, 0.3) is 5.91 Å². The third kappa shape index (κ3) is 2.87. The zero-order chi connectivity index (χ0) is 17.5. The van der Waals surface area contributed by atoms with Crippen molar-refractivity contribution in [3.8, 4) is 0 Å². The summed E-state index contributed by atoms with van der Waals surface area (Å²) in [6, 6.07) is 4.59. The molecule has 1 atom stereocenters. The summed E-state index contributed by atoms with van der Waals surface area (Å²) in [5.74, 6) is -0.351. The number of alkyl halides is 3. The van der Waals surface area contributed by atoms with E-state index in [9.17, 15) is 18.0 Å². The molecule has 3 rings (SSSR count). The highest BCUT2D eigenvalue weighted by atomic mass is 35.5. The van der Waals surface area contributed by atoms with Gasteiger partial charge in [-0.3, -0.25) is 9.48 Å². The minimum absolute atomic E-state index is 0.225. The Kier molecular flexibility index (Phi) is 4.27. The third-order valence-corrected chi connectivity index (χ3v) is 4.12. The summed E-state index contributed by atoms with van der Waals surface area (Å²) in [6.07, 6.45) is -3.04. The number of carbonyl (C=O) groups excluding carboxylic acids is 1. The second kappa shape index (κ2) is 6.10. The van der Waals surface area contributed by atoms with Crippen molar-refractivity contribution in [2.45, 2.75) is 12.2 Å². The molecule has 0 fully saturated rings. The van der Waals surface area contributed by atoms with Gasteiger partial charge in [-0.2, -0.15) is 18.3 Å². The second-order valence-electron chi connectivity index (χ2n) is 5.35. The van der Waals surface area contributed by atoms with Gasteiger partial charge in [-0.25, -0.2) is 0 Å². The van der Waals surface area contributed by atoms with Crippen molar-refractivity contribution in [3.63, 3.8) is 0 Å². The molecule has 1 amide bonds. The molecule has 0 saturated heterocycles. The summed E-state index contributed by atoms with van der Waals surface area (Å²) in [5.41, 5.74) is -0.290. The lowest BCUT2D eigenvalue weighted by molar-refractivity contribution is -0.137. The predicted octanol–water partition coefficient (Wildman–Crippen LogP) is 3.40. The van der Waals surface area contributed by atoms with Crippen molar-refractivity contribution in [2.24, 2.45) is 0 Å². The highest BCUT2D eigenvalue weighted by Crippen LogP contribution is 2.37. The standard InChI is InChI=1S/C15H13ClF3N3O2/c1-24-8-10-7-21(14(23)13-4-5-20-22(10)13)9-2-3-11(12(16)6-9)15(17,18)19/h2-6,10H,7-8H2,1H3. The molecule has 0 N–H and O–H groups in total. The lowest BCUT2D eigenvalue weighted by atomic mass is 10.1. The van der Waals surface area contributed by atoms with Gasteiger partial charge in [-0.1, -0.05) is 11.6 Å². The number of aromatic nitrogens is 2. The van der Waals surface area contributed by atoms with Gasteiger partial charge < -0.3 is 9.64 Å². The summed E-state index contributed by atoms with van der Waals surface area (Å²) in [5, 5.41) is 3.66. The molecule has 0 radical (unpaired) electrons. The van der Waals surface area contributed by atoms with Crippen LogP contribution in [0.4, 0.5) is 18.9 Å². The lowest BCUT2D eigenvalue weighted by Crippen LogP contribution is -2.44. The monoisotopic (exact) mass is 359 g/mol. The number of methoxy groups -OCH3 is 1. The first-order chi connectivity index (χ1) is 11.3. The van der Waals surface area contributed by atoms with Crippen LogP contribution in [0.1, 0.15) is 22.1 Å². The fraction of sp³-hybridized carbons (Fsp3) is 0.333. The fourth-order valence-electron chi connectivity index (χ4n) is 2.72. The third-order valence-electron chi connectivity index (χ3n) is 3.80. The summed E-state index contributed by atoms with van der Waals surface area (Å²) < 4.78 is 45.2. The summed E-state index contributed by atoms with van der Waals surface area (Å²) in [4.78, 5) is 14.0. The Balaban J connectivity index is 1.98. The van der Waals surface area contributed by atoms with Crippen LogP contribution in [0.25, 0.3) is 0 Å². The van der Waals surface area contributed by atoms with E-state index in [0.29, 0.717) is 18.0 Å². The highest BCUT2D eigenvalue weighted by molar-refractivity contribution is 6.31. The molecule has 128 valence electrons. The van der Waals surface area contributed by atoms with E-state index in [1.54, 1.807) is 10.7 Å². The first-order valence-electron chi connectivity index (χ1n) is 7.04. The summed E-state index contributed by atoms with van der Waals surface area (Å²) >= 11 is 5.76. The summed E-state index contributed by atoms with van der Waals surface area (Å²) in [6.45, 7) is 0.538. The smallest absolute Gasteiger partial charge is 0.382 e. The van der Waals surface area contributed by atoms with Gasteiger partial charge in [-0.15, -0.1) is 0 Å². The molecule has 1 aliphatic heterocycles. The second-order valence-corrected chi connectivity index (χ2v) is 5.76. The minimum Gasteiger partial charge on any atom is -0.382 e. The van der Waals surface area contributed by atoms with E-state index in [2.05, 4.69) is 5.10 Å². The van der Waals surface area contributed by atoms with Crippen LogP contribution in [0.2, 0.25) is 5.02 Å². The van der Waals surface area contributed by atoms with Crippen molar-refractivity contribution >= 4 is 23.2 Å². The molecule has 0 saturated carbocycles. The summed E-state index contributed by atoms with van der Waals surface area (Å²) in [7, 11) is 1.53. The molecule has 9 heteroatoms. The normalized spacial score (nSPS) is 18.0. The maximum absolute atomic E-state index is 12.8. The Morgan fingerprint density at radius 2 is 2.12 bits per heavy atom. The van der Waals surface area contributed by atoms with Crippen molar-refractivity contribution in [1.82, 2.24) is 9.78 Å². The fourth-order valence-corrected chi connectivity index (χ4v) is 3.01. The maximum Gasteiger partial charge on any atom is 0.417 e. The molecule has 1 aliphatic rings. The minimum atomic E-state index is -4.54. The molecular weight excluding hydrogens is 347 g/mol. The van der Waals surface area contributed by atoms with Crippen LogP contribution in [0.3, 0.4) is 0 Å². The number of fused-ring (bicyclic) bond motifs is 1. The molecule has 24 heavy (non-hydrogen) atoms. The van der Waals surface area contributed by atoms with Crippen LogP contribution in [0.5, 0.6) is 0 Å². The average molecular weight is 360 g/mol. The largest absolute Gasteiger partial charge is 0.417 e. The predicted molar refractivity (Wildman–Crippen MR) is 81.3 cm³/mol. The van der Waals surface area contributed by atoms with Crippen molar-refractivity contribution in [2.75, 3.05) is 25.2 Å². The van der Waals surface area contributed by atoms with Gasteiger partial charge in [0.1, 0.15) is 5.69 Å². The van der Waals surface area contributed by atoms with Gasteiger partial charge >= 0.3 is 6.18 Å². The number of carbonyl (C=O) groups is 1. The number of anilines is 1. The molecule has 2 aromatic rings. The molecule has 0 bridgehead atoms. The zero-order valence-electron chi connectivity index (χ0n) is 12.5. The van der Waals surface area contributed by atoms with E-state index in [1.165, 1.54) is 24.3 Å². The van der Waals surface area contributed by atoms with E-state index >= 15 is 0 Å². The van der Waals surface area contributed by atoms with Crippen LogP contribution in [-0.2, 0) is 10.9 Å². The number of ether oxygens (including phenoxy) is 1. The van der Waals surface area contributed by atoms with E-state index in [4.69, 9.17) is 16.3 Å². The van der Waals surface area contributed by atoms with Gasteiger partial charge in [0.05, 0.1) is 29.8 Å². The lowest BCUT2D eigenvalue weighted by Gasteiger charge is -2.33. The number of amides is 1. The molecule has 5 nitrogen and oxygen atoms in total. The first-order valence-corrected chi connectivity index (χ1v) is 7.41. The van der Waals surface area contributed by atoms with E-state index in [1.807, 2.05) is 0 Å². The molecule has 1 aromatic carbocycles. The molecule has 2 heterocycles. The number of nitrogens with zero attached hydrogens (tertiary/aromatic N) is 3. The first kappa shape index (κ1) is 16.8. The molecule has 0 aliphatic carbocycles. The zero-order valence-corrected chi connectivity index (χ0v) is 13.3. The van der Waals surface area contributed by atoms with Crippen molar-refractivity contribution in [3.05, 3.63) is 46.7 Å². The highest BCUT2D eigenvalue weighted by Gasteiger charge is 2.36. The Labute approximate surface area is 140 Å². The molecule has 0 spiro atoms.